The van der Waals surface area contributed by atoms with Gasteiger partial charge in [-0.1, -0.05) is 26.0 Å². The lowest BCUT2D eigenvalue weighted by Gasteiger charge is -2.10. The van der Waals surface area contributed by atoms with Crippen molar-refractivity contribution < 1.29 is 4.74 Å². The molecule has 0 amide bonds. The zero-order valence-corrected chi connectivity index (χ0v) is 13.9. The first-order valence-corrected chi connectivity index (χ1v) is 7.50. The van der Waals surface area contributed by atoms with Gasteiger partial charge in [-0.25, -0.2) is 4.98 Å². The van der Waals surface area contributed by atoms with Crippen molar-refractivity contribution in [3.05, 3.63) is 55.3 Å². The van der Waals surface area contributed by atoms with Gasteiger partial charge in [-0.05, 0) is 46.2 Å². The van der Waals surface area contributed by atoms with Gasteiger partial charge >= 0.3 is 0 Å². The summed E-state index contributed by atoms with van der Waals surface area (Å²) >= 11 is 2.05. The molecule has 0 saturated carbocycles. The first-order chi connectivity index (χ1) is 9.51. The van der Waals surface area contributed by atoms with E-state index in [-0.39, 0.29) is 11.5 Å². The Labute approximate surface area is 131 Å². The van der Waals surface area contributed by atoms with Gasteiger partial charge in [-0.3, -0.25) is 4.79 Å². The minimum Gasteiger partial charge on any atom is -0.497 e. The molecule has 0 aliphatic carbocycles. The fraction of sp³-hybridized carbons (Fsp3) is 0.333. The maximum Gasteiger partial charge on any atom is 0.264 e. The van der Waals surface area contributed by atoms with Crippen molar-refractivity contribution in [2.75, 3.05) is 7.11 Å². The fourth-order valence-electron chi connectivity index (χ4n) is 1.97. The van der Waals surface area contributed by atoms with Crippen LogP contribution in [0, 0.1) is 3.57 Å². The van der Waals surface area contributed by atoms with Crippen LogP contribution in [-0.2, 0) is 6.42 Å². The van der Waals surface area contributed by atoms with Gasteiger partial charge in [0.2, 0.25) is 0 Å². The minimum absolute atomic E-state index is 0.0674. The zero-order chi connectivity index (χ0) is 14.7. The molecule has 0 spiro atoms. The van der Waals surface area contributed by atoms with E-state index in [4.69, 9.17) is 4.74 Å². The van der Waals surface area contributed by atoms with Crippen molar-refractivity contribution in [2.24, 2.45) is 0 Å². The Balaban J connectivity index is 2.36. The number of aromatic amines is 1. The van der Waals surface area contributed by atoms with E-state index >= 15 is 0 Å². The number of ether oxygens (including phenoxy) is 1. The number of hydrogen-bond donors (Lipinski definition) is 1. The van der Waals surface area contributed by atoms with E-state index < -0.39 is 0 Å². The summed E-state index contributed by atoms with van der Waals surface area (Å²) in [7, 11) is 1.64. The average Bonchev–Trinajstić information content (AvgIpc) is 2.42. The molecule has 2 rings (SSSR count). The molecule has 106 valence electrons. The molecule has 0 aliphatic heterocycles. The molecule has 0 radical (unpaired) electrons. The normalized spacial score (nSPS) is 10.8. The lowest BCUT2D eigenvalue weighted by atomic mass is 10.1. The Bertz CT molecular complexity index is 665. The summed E-state index contributed by atoms with van der Waals surface area (Å²) in [5.74, 6) is 1.72. The Morgan fingerprint density at radius 2 is 2.15 bits per heavy atom. The van der Waals surface area contributed by atoms with Crippen LogP contribution < -0.4 is 10.3 Å². The number of rotatable bonds is 4. The Hall–Kier alpha value is -1.37. The largest absolute Gasteiger partial charge is 0.497 e. The van der Waals surface area contributed by atoms with Gasteiger partial charge in [-0.15, -0.1) is 0 Å². The highest BCUT2D eigenvalue weighted by Gasteiger charge is 2.12. The number of aromatic nitrogens is 2. The minimum atomic E-state index is -0.0674. The molecular formula is C15H17IN2O2. The van der Waals surface area contributed by atoms with Crippen LogP contribution in [0.15, 0.2) is 29.1 Å². The fourth-order valence-corrected chi connectivity index (χ4v) is 2.84. The van der Waals surface area contributed by atoms with E-state index in [0.29, 0.717) is 15.8 Å². The van der Waals surface area contributed by atoms with Gasteiger partial charge in [0.25, 0.3) is 5.56 Å². The van der Waals surface area contributed by atoms with Crippen LogP contribution in [0.2, 0.25) is 0 Å². The van der Waals surface area contributed by atoms with Gasteiger partial charge in [-0.2, -0.15) is 0 Å². The van der Waals surface area contributed by atoms with Crippen LogP contribution in [0.3, 0.4) is 0 Å². The molecule has 0 atom stereocenters. The van der Waals surface area contributed by atoms with Crippen molar-refractivity contribution >= 4 is 22.6 Å². The highest BCUT2D eigenvalue weighted by Crippen LogP contribution is 2.18. The first-order valence-electron chi connectivity index (χ1n) is 6.42. The number of nitrogens with one attached hydrogen (secondary N) is 1. The zero-order valence-electron chi connectivity index (χ0n) is 11.7. The van der Waals surface area contributed by atoms with E-state index in [2.05, 4.69) is 32.6 Å². The van der Waals surface area contributed by atoms with Crippen molar-refractivity contribution in [1.82, 2.24) is 9.97 Å². The third kappa shape index (κ3) is 3.39. The smallest absolute Gasteiger partial charge is 0.264 e. The van der Waals surface area contributed by atoms with Crippen LogP contribution in [-0.4, -0.2) is 17.1 Å². The van der Waals surface area contributed by atoms with Crippen molar-refractivity contribution in [1.29, 1.82) is 0 Å². The molecule has 4 nitrogen and oxygen atoms in total. The molecule has 2 aromatic rings. The molecule has 20 heavy (non-hydrogen) atoms. The topological polar surface area (TPSA) is 55.0 Å². The maximum absolute atomic E-state index is 12.0. The van der Waals surface area contributed by atoms with E-state index in [1.807, 2.05) is 38.1 Å². The van der Waals surface area contributed by atoms with Gasteiger partial charge in [0.1, 0.15) is 11.6 Å². The van der Waals surface area contributed by atoms with Gasteiger partial charge in [0, 0.05) is 6.42 Å². The highest BCUT2D eigenvalue weighted by molar-refractivity contribution is 14.1. The monoisotopic (exact) mass is 384 g/mol. The number of hydrogen-bond acceptors (Lipinski definition) is 3. The summed E-state index contributed by atoms with van der Waals surface area (Å²) < 4.78 is 5.88. The second-order valence-electron chi connectivity index (χ2n) is 4.89. The van der Waals surface area contributed by atoms with Crippen LogP contribution in [0.5, 0.6) is 5.75 Å². The van der Waals surface area contributed by atoms with Gasteiger partial charge in [0.15, 0.2) is 0 Å². The predicted octanol–water partition coefficient (Wildman–Crippen LogP) is 3.10. The van der Waals surface area contributed by atoms with Crippen molar-refractivity contribution in [3.8, 4) is 5.75 Å². The van der Waals surface area contributed by atoms with Crippen LogP contribution in [0.25, 0.3) is 0 Å². The predicted molar refractivity (Wildman–Crippen MR) is 87.5 cm³/mol. The summed E-state index contributed by atoms with van der Waals surface area (Å²) in [6, 6.07) is 7.78. The van der Waals surface area contributed by atoms with E-state index in [1.165, 1.54) is 0 Å². The molecule has 5 heteroatoms. The van der Waals surface area contributed by atoms with Gasteiger partial charge < -0.3 is 9.72 Å². The van der Waals surface area contributed by atoms with E-state index in [1.54, 1.807) is 7.11 Å². The second kappa shape index (κ2) is 6.39. The third-order valence-electron chi connectivity index (χ3n) is 2.99. The van der Waals surface area contributed by atoms with Crippen LogP contribution in [0.4, 0.5) is 0 Å². The molecule has 1 aromatic heterocycles. The SMILES string of the molecule is COc1cccc(Cc2nc(C(C)C)c(I)c(=O)[nH]2)c1. The summed E-state index contributed by atoms with van der Waals surface area (Å²) in [6.45, 7) is 4.08. The molecule has 1 aromatic carbocycles. The molecule has 1 heterocycles. The lowest BCUT2D eigenvalue weighted by Crippen LogP contribution is -2.19. The molecule has 0 aliphatic rings. The van der Waals surface area contributed by atoms with Crippen LogP contribution in [0.1, 0.15) is 36.8 Å². The lowest BCUT2D eigenvalue weighted by molar-refractivity contribution is 0.414. The Morgan fingerprint density at radius 3 is 2.80 bits per heavy atom. The molecule has 0 unspecified atom stereocenters. The van der Waals surface area contributed by atoms with Crippen LogP contribution >= 0.6 is 22.6 Å². The molecular weight excluding hydrogens is 367 g/mol. The molecule has 0 bridgehead atoms. The van der Waals surface area contributed by atoms with E-state index in [0.717, 1.165) is 17.0 Å². The second-order valence-corrected chi connectivity index (χ2v) is 5.97. The Kier molecular flexibility index (Phi) is 4.80. The summed E-state index contributed by atoms with van der Waals surface area (Å²) in [5.41, 5.74) is 1.85. The average molecular weight is 384 g/mol. The first kappa shape index (κ1) is 15.0. The van der Waals surface area contributed by atoms with E-state index in [9.17, 15) is 4.79 Å². The number of benzene rings is 1. The number of methoxy groups -OCH3 is 1. The summed E-state index contributed by atoms with van der Waals surface area (Å²) in [5, 5.41) is 0. The van der Waals surface area contributed by atoms with Gasteiger partial charge in [0.05, 0.1) is 16.4 Å². The molecule has 0 fully saturated rings. The van der Waals surface area contributed by atoms with Crippen molar-refractivity contribution in [3.63, 3.8) is 0 Å². The molecule has 0 saturated heterocycles. The third-order valence-corrected chi connectivity index (χ3v) is 4.03. The summed E-state index contributed by atoms with van der Waals surface area (Å²) in [4.78, 5) is 19.4. The Morgan fingerprint density at radius 1 is 1.40 bits per heavy atom. The number of H-pyrrole nitrogens is 1. The molecule has 1 N–H and O–H groups in total. The summed E-state index contributed by atoms with van der Waals surface area (Å²) in [6.07, 6.45) is 0.586. The standard InChI is InChI=1S/C15H17IN2O2/c1-9(2)14-13(16)15(19)18-12(17-14)8-10-5-4-6-11(7-10)20-3/h4-7,9H,8H2,1-3H3,(H,17,18,19). The maximum atomic E-state index is 12.0. The number of nitrogens with zero attached hydrogens (tertiary/aromatic N) is 1. The number of halogens is 1. The quantitative estimate of drug-likeness (QED) is 0.825. The highest BCUT2D eigenvalue weighted by atomic mass is 127. The van der Waals surface area contributed by atoms with Crippen molar-refractivity contribution in [2.45, 2.75) is 26.2 Å².